The van der Waals surface area contributed by atoms with Gasteiger partial charge in [0.25, 0.3) is 0 Å². The molecule has 0 saturated heterocycles. The summed E-state index contributed by atoms with van der Waals surface area (Å²) in [5, 5.41) is 5.31. The van der Waals surface area contributed by atoms with Crippen LogP contribution in [-0.4, -0.2) is 14.1 Å². The molecule has 138 valence electrons. The number of imidazole rings is 1. The molecule has 0 fully saturated rings. The normalized spacial score (nSPS) is 12.0. The summed E-state index contributed by atoms with van der Waals surface area (Å²) in [6.45, 7) is 1.79. The minimum Gasteiger partial charge on any atom is -0.337 e. The van der Waals surface area contributed by atoms with Gasteiger partial charge in [0.05, 0.1) is 32.6 Å². The van der Waals surface area contributed by atoms with Crippen LogP contribution in [0.3, 0.4) is 0 Å². The van der Waals surface area contributed by atoms with E-state index >= 15 is 0 Å². The Bertz CT molecular complexity index is 1080. The maximum Gasteiger partial charge on any atom is 0.190 e. The zero-order valence-corrected chi connectivity index (χ0v) is 17.4. The van der Waals surface area contributed by atoms with Gasteiger partial charge < -0.3 is 9.13 Å². The van der Waals surface area contributed by atoms with E-state index in [-0.39, 0.29) is 0 Å². The highest BCUT2D eigenvalue weighted by atomic mass is 35.5. The monoisotopic (exact) mass is 434 g/mol. The van der Waals surface area contributed by atoms with E-state index in [1.165, 1.54) is 10.6 Å². The summed E-state index contributed by atoms with van der Waals surface area (Å²) in [5.74, 6) is 0. The van der Waals surface area contributed by atoms with Crippen LogP contribution in [0.5, 0.6) is 0 Å². The van der Waals surface area contributed by atoms with E-state index in [9.17, 15) is 0 Å². The highest BCUT2D eigenvalue weighted by Gasteiger charge is 2.09. The first kappa shape index (κ1) is 18.5. The van der Waals surface area contributed by atoms with E-state index < -0.39 is 0 Å². The molecule has 0 aliphatic carbocycles. The van der Waals surface area contributed by atoms with Gasteiger partial charge in [-0.05, 0) is 36.1 Å². The van der Waals surface area contributed by atoms with Crippen LogP contribution in [0.15, 0.2) is 64.8 Å². The molecule has 0 spiro atoms. The highest BCUT2D eigenvalue weighted by Crippen LogP contribution is 2.28. The summed E-state index contributed by atoms with van der Waals surface area (Å²) < 4.78 is 4.36. The Morgan fingerprint density at radius 3 is 2.74 bits per heavy atom. The lowest BCUT2D eigenvalue weighted by Gasteiger charge is -2.08. The molecule has 0 aliphatic heterocycles. The van der Waals surface area contributed by atoms with Crippen molar-refractivity contribution in [2.45, 2.75) is 19.5 Å². The molecular formula is C19H16Cl2N4S2. The molecule has 3 aromatic heterocycles. The van der Waals surface area contributed by atoms with E-state index in [4.69, 9.17) is 28.2 Å². The Morgan fingerprint density at radius 1 is 1.07 bits per heavy atom. The molecule has 0 atom stereocenters. The Labute approximate surface area is 175 Å². The molecule has 0 saturated carbocycles. The quantitative estimate of drug-likeness (QED) is 0.360. The summed E-state index contributed by atoms with van der Waals surface area (Å²) >= 11 is 15.5. The minimum absolute atomic E-state index is 0.514. The largest absolute Gasteiger partial charge is 0.337 e. The molecule has 0 bridgehead atoms. The lowest BCUT2D eigenvalue weighted by atomic mass is 10.3. The number of thiazole rings is 1. The van der Waals surface area contributed by atoms with Crippen LogP contribution in [0.2, 0.25) is 10.0 Å². The molecule has 8 heteroatoms. The van der Waals surface area contributed by atoms with E-state index in [0.717, 1.165) is 30.0 Å². The first-order valence-corrected chi connectivity index (χ1v) is 10.9. The summed E-state index contributed by atoms with van der Waals surface area (Å²) in [6.07, 6.45) is 6.62. The zero-order valence-electron chi connectivity index (χ0n) is 14.3. The molecule has 0 radical (unpaired) electrons. The van der Waals surface area contributed by atoms with Gasteiger partial charge >= 0.3 is 0 Å². The van der Waals surface area contributed by atoms with Gasteiger partial charge in [-0.3, -0.25) is 0 Å². The average Bonchev–Trinajstić information content (AvgIpc) is 3.41. The van der Waals surface area contributed by atoms with Gasteiger partial charge in [-0.15, -0.1) is 22.7 Å². The maximum atomic E-state index is 6.14. The van der Waals surface area contributed by atoms with Crippen molar-refractivity contribution in [2.75, 3.05) is 0 Å². The number of rotatable bonds is 6. The van der Waals surface area contributed by atoms with Gasteiger partial charge in [0.15, 0.2) is 4.80 Å². The Kier molecular flexibility index (Phi) is 5.78. The topological polar surface area (TPSA) is 35.1 Å². The van der Waals surface area contributed by atoms with Gasteiger partial charge in [-0.2, -0.15) is 0 Å². The van der Waals surface area contributed by atoms with Gasteiger partial charge in [0.2, 0.25) is 0 Å². The molecule has 4 nitrogen and oxygen atoms in total. The fraction of sp³-hybridized carbons (Fsp3) is 0.158. The van der Waals surface area contributed by atoms with Crippen LogP contribution in [0, 0.1) is 0 Å². The predicted octanol–water partition coefficient (Wildman–Crippen LogP) is 6.10. The average molecular weight is 435 g/mol. The number of aryl methyl sites for hydroxylation is 1. The number of halogens is 2. The molecule has 0 amide bonds. The highest BCUT2D eigenvalue weighted by molar-refractivity contribution is 7.14. The SMILES string of the molecule is Clc1ccc(N=c2scc(-c3cccs3)n2CCCn2ccnc2)cc1Cl. The van der Waals surface area contributed by atoms with E-state index in [2.05, 4.69) is 37.0 Å². The van der Waals surface area contributed by atoms with Crippen molar-refractivity contribution < 1.29 is 0 Å². The second-order valence-corrected chi connectivity index (χ2v) is 8.50. The number of nitrogens with zero attached hydrogens (tertiary/aromatic N) is 4. The molecule has 0 unspecified atom stereocenters. The summed E-state index contributed by atoms with van der Waals surface area (Å²) in [5.41, 5.74) is 1.99. The molecule has 4 rings (SSSR count). The summed E-state index contributed by atoms with van der Waals surface area (Å²) in [7, 11) is 0. The standard InChI is InChI=1S/C19H16Cl2N4S2/c20-15-5-4-14(11-16(15)21)23-19-25(8-2-7-24-9-6-22-13-24)17(12-27-19)18-3-1-10-26-18/h1,3-6,9-13H,2,7-8H2. The first-order chi connectivity index (χ1) is 13.2. The zero-order chi connectivity index (χ0) is 18.6. The van der Waals surface area contributed by atoms with E-state index in [1.807, 2.05) is 18.6 Å². The van der Waals surface area contributed by atoms with Crippen LogP contribution < -0.4 is 4.80 Å². The third-order valence-electron chi connectivity index (χ3n) is 4.06. The molecule has 27 heavy (non-hydrogen) atoms. The van der Waals surface area contributed by atoms with Crippen LogP contribution >= 0.6 is 45.9 Å². The van der Waals surface area contributed by atoms with Crippen molar-refractivity contribution in [1.29, 1.82) is 0 Å². The van der Waals surface area contributed by atoms with Crippen molar-refractivity contribution in [2.24, 2.45) is 4.99 Å². The molecule has 4 aromatic rings. The lowest BCUT2D eigenvalue weighted by Crippen LogP contribution is -2.16. The second kappa shape index (κ2) is 8.44. The Balaban J connectivity index is 1.67. The molecule has 1 aromatic carbocycles. The second-order valence-electron chi connectivity index (χ2n) is 5.90. The Morgan fingerprint density at radius 2 is 2.00 bits per heavy atom. The van der Waals surface area contributed by atoms with Crippen LogP contribution in [0.25, 0.3) is 10.6 Å². The van der Waals surface area contributed by atoms with Crippen molar-refractivity contribution in [1.82, 2.24) is 14.1 Å². The summed E-state index contributed by atoms with van der Waals surface area (Å²) in [4.78, 5) is 11.1. The fourth-order valence-corrected chi connectivity index (χ4v) is 4.82. The van der Waals surface area contributed by atoms with Gasteiger partial charge in [0.1, 0.15) is 0 Å². The first-order valence-electron chi connectivity index (χ1n) is 8.38. The van der Waals surface area contributed by atoms with Crippen molar-refractivity contribution in [3.8, 4) is 10.6 Å². The molecule has 0 aliphatic rings. The number of thiophene rings is 1. The van der Waals surface area contributed by atoms with E-state index in [1.54, 1.807) is 41.0 Å². The van der Waals surface area contributed by atoms with Gasteiger partial charge in [-0.25, -0.2) is 9.98 Å². The number of aromatic nitrogens is 3. The van der Waals surface area contributed by atoms with Crippen LogP contribution in [0.1, 0.15) is 6.42 Å². The Hall–Kier alpha value is -1.86. The van der Waals surface area contributed by atoms with Crippen molar-refractivity contribution in [3.63, 3.8) is 0 Å². The lowest BCUT2D eigenvalue weighted by molar-refractivity contribution is 0.559. The van der Waals surface area contributed by atoms with Crippen LogP contribution in [-0.2, 0) is 13.1 Å². The summed E-state index contributed by atoms with van der Waals surface area (Å²) in [6, 6.07) is 9.67. The predicted molar refractivity (Wildman–Crippen MR) is 114 cm³/mol. The van der Waals surface area contributed by atoms with E-state index in [0.29, 0.717) is 10.0 Å². The van der Waals surface area contributed by atoms with Crippen LogP contribution in [0.4, 0.5) is 5.69 Å². The number of hydrogen-bond donors (Lipinski definition) is 0. The number of hydrogen-bond acceptors (Lipinski definition) is 4. The number of benzene rings is 1. The van der Waals surface area contributed by atoms with Crippen molar-refractivity contribution in [3.05, 3.63) is 74.7 Å². The smallest absolute Gasteiger partial charge is 0.190 e. The minimum atomic E-state index is 0.514. The third-order valence-corrected chi connectivity index (χ3v) is 6.55. The van der Waals surface area contributed by atoms with Crippen molar-refractivity contribution >= 4 is 51.6 Å². The molecular weight excluding hydrogens is 419 g/mol. The fourth-order valence-electron chi connectivity index (χ4n) is 2.75. The molecule has 3 heterocycles. The van der Waals surface area contributed by atoms with Gasteiger partial charge in [0, 0.05) is 30.9 Å². The third kappa shape index (κ3) is 4.35. The molecule has 0 N–H and O–H groups in total. The van der Waals surface area contributed by atoms with Gasteiger partial charge in [-0.1, -0.05) is 29.3 Å². The maximum absolute atomic E-state index is 6.14.